The van der Waals surface area contributed by atoms with Crippen LogP contribution in [0.4, 0.5) is 11.8 Å². The summed E-state index contributed by atoms with van der Waals surface area (Å²) in [6.45, 7) is 0. The summed E-state index contributed by atoms with van der Waals surface area (Å²) in [6, 6.07) is 12.4. The summed E-state index contributed by atoms with van der Waals surface area (Å²) in [7, 11) is 0. The van der Waals surface area contributed by atoms with Gasteiger partial charge in [0, 0.05) is 41.5 Å². The topological polar surface area (TPSA) is 105 Å². The molecule has 3 aromatic heterocycles. The van der Waals surface area contributed by atoms with Crippen LogP contribution < -0.4 is 11.1 Å². The van der Waals surface area contributed by atoms with E-state index < -0.39 is 0 Å². The molecule has 0 spiro atoms. The zero-order valence-electron chi connectivity index (χ0n) is 13.9. The minimum absolute atomic E-state index is 0.264. The number of rotatable bonds is 4. The van der Waals surface area contributed by atoms with Crippen LogP contribution in [0.1, 0.15) is 17.9 Å². The summed E-state index contributed by atoms with van der Waals surface area (Å²) in [4.78, 5) is 13.0. The largest absolute Gasteiger partial charge is 0.368 e. The number of anilines is 2. The Balaban J connectivity index is 1.46. The molecule has 128 valence electrons. The van der Waals surface area contributed by atoms with Gasteiger partial charge in [0.25, 0.3) is 0 Å². The number of nitrogens with two attached hydrogens (primary N) is 1. The second-order valence-electron chi connectivity index (χ2n) is 6.51. The van der Waals surface area contributed by atoms with Crippen molar-refractivity contribution in [2.24, 2.45) is 0 Å². The van der Waals surface area contributed by atoms with Gasteiger partial charge in [0.15, 0.2) is 0 Å². The third-order valence-corrected chi connectivity index (χ3v) is 4.75. The smallest absolute Gasteiger partial charge is 0.222 e. The molecule has 5 rings (SSSR count). The Hall–Kier alpha value is -3.48. The van der Waals surface area contributed by atoms with Gasteiger partial charge in [-0.3, -0.25) is 10.1 Å². The monoisotopic (exact) mass is 343 g/mol. The van der Waals surface area contributed by atoms with Crippen LogP contribution in [0, 0.1) is 0 Å². The van der Waals surface area contributed by atoms with Crippen molar-refractivity contribution >= 4 is 22.7 Å². The van der Waals surface area contributed by atoms with Crippen LogP contribution in [-0.2, 0) is 0 Å². The van der Waals surface area contributed by atoms with Crippen LogP contribution in [-0.4, -0.2) is 31.2 Å². The minimum Gasteiger partial charge on any atom is -0.368 e. The number of benzene rings is 1. The number of fused-ring (bicyclic) bond motifs is 1. The van der Waals surface area contributed by atoms with Crippen molar-refractivity contribution in [3.05, 3.63) is 60.6 Å². The maximum absolute atomic E-state index is 5.94. The Bertz CT molecular complexity index is 1060. The maximum atomic E-state index is 5.94. The fraction of sp³-hybridized carbons (Fsp3) is 0.158. The molecule has 26 heavy (non-hydrogen) atoms. The van der Waals surface area contributed by atoms with Crippen LogP contribution in [0.5, 0.6) is 0 Å². The van der Waals surface area contributed by atoms with Crippen molar-refractivity contribution in [1.29, 1.82) is 0 Å². The Labute approximate surface area is 149 Å². The number of aromatic amines is 1. The van der Waals surface area contributed by atoms with E-state index in [1.165, 1.54) is 5.56 Å². The predicted octanol–water partition coefficient (Wildman–Crippen LogP) is 2.97. The van der Waals surface area contributed by atoms with Crippen LogP contribution in [0.2, 0.25) is 0 Å². The number of aromatic nitrogens is 5. The lowest BCUT2D eigenvalue weighted by molar-refractivity contribution is 1.02. The summed E-state index contributed by atoms with van der Waals surface area (Å²) in [5.41, 5.74) is 9.96. The lowest BCUT2D eigenvalue weighted by Crippen LogP contribution is -2.08. The van der Waals surface area contributed by atoms with Crippen LogP contribution in [0.25, 0.3) is 22.2 Å². The van der Waals surface area contributed by atoms with E-state index in [2.05, 4.69) is 36.5 Å². The molecule has 7 heteroatoms. The number of hydrogen-bond donors (Lipinski definition) is 3. The van der Waals surface area contributed by atoms with E-state index in [-0.39, 0.29) is 5.95 Å². The van der Waals surface area contributed by atoms with Gasteiger partial charge in [0.1, 0.15) is 5.82 Å². The molecule has 2 atom stereocenters. The first-order valence-electron chi connectivity index (χ1n) is 8.51. The van der Waals surface area contributed by atoms with Gasteiger partial charge in [-0.1, -0.05) is 12.1 Å². The molecule has 0 bridgehead atoms. The molecular weight excluding hydrogens is 326 g/mol. The number of hydrogen-bond acceptors (Lipinski definition) is 6. The van der Waals surface area contributed by atoms with Gasteiger partial charge < -0.3 is 11.1 Å². The van der Waals surface area contributed by atoms with Gasteiger partial charge in [-0.25, -0.2) is 4.98 Å². The van der Waals surface area contributed by atoms with Gasteiger partial charge in [0.2, 0.25) is 5.95 Å². The van der Waals surface area contributed by atoms with E-state index in [0.717, 1.165) is 34.4 Å². The van der Waals surface area contributed by atoms with Crippen LogP contribution >= 0.6 is 0 Å². The average Bonchev–Trinajstić information content (AvgIpc) is 3.20. The summed E-state index contributed by atoms with van der Waals surface area (Å²) >= 11 is 0. The van der Waals surface area contributed by atoms with Gasteiger partial charge in [-0.05, 0) is 36.2 Å². The maximum Gasteiger partial charge on any atom is 0.222 e. The highest BCUT2D eigenvalue weighted by Crippen LogP contribution is 2.43. The standard InChI is InChI=1S/C19H17N7/c20-19-24-16-8-11(15-5-7-22-26-15)3-4-13(16)18(25-19)23-17-9-14(17)12-2-1-6-21-10-12/h1-8,10,14,17H,9H2,(H,22,26)(H3,20,23,24,25). The number of H-pyrrole nitrogens is 1. The van der Waals surface area contributed by atoms with E-state index in [9.17, 15) is 0 Å². The van der Waals surface area contributed by atoms with Gasteiger partial charge in [0.05, 0.1) is 11.2 Å². The Morgan fingerprint density at radius 2 is 2.08 bits per heavy atom. The van der Waals surface area contributed by atoms with Crippen molar-refractivity contribution in [2.45, 2.75) is 18.4 Å². The van der Waals surface area contributed by atoms with Crippen LogP contribution in [0.3, 0.4) is 0 Å². The number of pyridine rings is 1. The molecule has 0 saturated heterocycles. The fourth-order valence-electron chi connectivity index (χ4n) is 3.34. The zero-order chi connectivity index (χ0) is 17.5. The van der Waals surface area contributed by atoms with E-state index in [1.807, 2.05) is 36.5 Å². The molecule has 4 aromatic rings. The highest BCUT2D eigenvalue weighted by atomic mass is 15.1. The fourth-order valence-corrected chi connectivity index (χ4v) is 3.34. The third kappa shape index (κ3) is 2.63. The third-order valence-electron chi connectivity index (χ3n) is 4.75. The molecule has 7 nitrogen and oxygen atoms in total. The highest BCUT2D eigenvalue weighted by Gasteiger charge is 2.39. The van der Waals surface area contributed by atoms with Crippen molar-refractivity contribution in [2.75, 3.05) is 11.1 Å². The quantitative estimate of drug-likeness (QED) is 0.526. The number of nitrogens with zero attached hydrogens (tertiary/aromatic N) is 4. The first-order chi connectivity index (χ1) is 12.8. The van der Waals surface area contributed by atoms with Crippen LogP contribution in [0.15, 0.2) is 55.0 Å². The average molecular weight is 343 g/mol. The second kappa shape index (κ2) is 5.80. The molecule has 1 aliphatic carbocycles. The highest BCUT2D eigenvalue weighted by molar-refractivity contribution is 5.92. The molecule has 1 aromatic carbocycles. The first-order valence-corrected chi connectivity index (χ1v) is 8.51. The molecule has 1 saturated carbocycles. The molecule has 0 amide bonds. The normalized spacial score (nSPS) is 18.8. The van der Waals surface area contributed by atoms with Crippen molar-refractivity contribution in [3.63, 3.8) is 0 Å². The van der Waals surface area contributed by atoms with Gasteiger partial charge in [-0.15, -0.1) is 0 Å². The predicted molar refractivity (Wildman–Crippen MR) is 101 cm³/mol. The first kappa shape index (κ1) is 14.8. The Kier molecular flexibility index (Phi) is 3.31. The molecular formula is C19H17N7. The van der Waals surface area contributed by atoms with Crippen molar-refractivity contribution in [3.8, 4) is 11.3 Å². The lowest BCUT2D eigenvalue weighted by Gasteiger charge is -2.10. The Morgan fingerprint density at radius 1 is 1.12 bits per heavy atom. The summed E-state index contributed by atoms with van der Waals surface area (Å²) in [6.07, 6.45) is 6.51. The molecule has 0 radical (unpaired) electrons. The van der Waals surface area contributed by atoms with Crippen molar-refractivity contribution < 1.29 is 0 Å². The number of nitrogens with one attached hydrogen (secondary N) is 2. The molecule has 3 heterocycles. The van der Waals surface area contributed by atoms with Gasteiger partial charge >= 0.3 is 0 Å². The molecule has 4 N–H and O–H groups in total. The Morgan fingerprint density at radius 3 is 2.88 bits per heavy atom. The van der Waals surface area contributed by atoms with E-state index >= 15 is 0 Å². The van der Waals surface area contributed by atoms with Crippen molar-refractivity contribution in [1.82, 2.24) is 25.1 Å². The zero-order valence-corrected chi connectivity index (χ0v) is 13.9. The minimum atomic E-state index is 0.264. The summed E-state index contributed by atoms with van der Waals surface area (Å²) in [5.74, 6) is 1.50. The SMILES string of the molecule is Nc1nc(NC2CC2c2cccnc2)c2ccc(-c3ccn[nH]3)cc2n1. The van der Waals surface area contributed by atoms with E-state index in [1.54, 1.807) is 12.4 Å². The van der Waals surface area contributed by atoms with E-state index in [0.29, 0.717) is 12.0 Å². The summed E-state index contributed by atoms with van der Waals surface area (Å²) < 4.78 is 0. The van der Waals surface area contributed by atoms with Gasteiger partial charge in [-0.2, -0.15) is 10.1 Å². The van der Waals surface area contributed by atoms with E-state index in [4.69, 9.17) is 5.73 Å². The number of nitrogen functional groups attached to an aromatic ring is 1. The molecule has 0 aliphatic heterocycles. The lowest BCUT2D eigenvalue weighted by atomic mass is 10.1. The summed E-state index contributed by atoms with van der Waals surface area (Å²) in [5, 5.41) is 11.4. The molecule has 2 unspecified atom stereocenters. The molecule has 1 aliphatic rings. The second-order valence-corrected chi connectivity index (χ2v) is 6.51. The molecule has 1 fully saturated rings.